The number of aliphatic carboxylic acids is 1. The summed E-state index contributed by atoms with van der Waals surface area (Å²) in [6.45, 7) is 1.97. The summed E-state index contributed by atoms with van der Waals surface area (Å²) in [5, 5.41) is 13.0. The molecule has 1 aromatic carbocycles. The average Bonchev–Trinajstić information content (AvgIpc) is 2.78. The molecule has 1 heterocycles. The fraction of sp³-hybridized carbons (Fsp3) is 0.0714. The Balaban J connectivity index is 2.44. The van der Waals surface area contributed by atoms with Crippen LogP contribution in [0.3, 0.4) is 0 Å². The van der Waals surface area contributed by atoms with Gasteiger partial charge in [-0.3, -0.25) is 0 Å². The number of thiophene rings is 1. The minimum absolute atomic E-state index is 0.227. The first-order valence-electron chi connectivity index (χ1n) is 5.20. The number of hydrogen-bond acceptors (Lipinski definition) is 3. The highest BCUT2D eigenvalue weighted by Gasteiger charge is 2.04. The van der Waals surface area contributed by atoms with E-state index in [9.17, 15) is 9.90 Å². The van der Waals surface area contributed by atoms with E-state index in [-0.39, 0.29) is 5.57 Å². The normalized spacial score (nSPS) is 11.5. The number of carbonyl (C=O) groups excluding carboxylic acids is 1. The first kappa shape index (κ1) is 11.6. The molecule has 0 radical (unpaired) electrons. The van der Waals surface area contributed by atoms with Gasteiger partial charge in [-0.1, -0.05) is 35.9 Å². The third kappa shape index (κ3) is 2.82. The first-order valence-corrected chi connectivity index (χ1v) is 6.08. The molecule has 0 amide bonds. The van der Waals surface area contributed by atoms with E-state index in [1.165, 1.54) is 11.3 Å². The highest BCUT2D eigenvalue weighted by Crippen LogP contribution is 2.22. The standard InChI is InChI=1S/C14H12O2S/c1-10-4-2-5-11(8-10)9-12(14(15)16)13-6-3-7-17-13/h2-9H,1H3,(H,15,16)/p-1/b12-9-. The summed E-state index contributed by atoms with van der Waals surface area (Å²) in [6.07, 6.45) is 1.65. The summed E-state index contributed by atoms with van der Waals surface area (Å²) >= 11 is 1.39. The number of carboxylic acid groups (broad SMARTS) is 1. The highest BCUT2D eigenvalue weighted by atomic mass is 32.1. The zero-order valence-corrected chi connectivity index (χ0v) is 10.2. The van der Waals surface area contributed by atoms with Gasteiger partial charge in [0.15, 0.2) is 0 Å². The van der Waals surface area contributed by atoms with Crippen LogP contribution in [0.5, 0.6) is 0 Å². The molecule has 0 aliphatic carbocycles. The smallest absolute Gasteiger partial charge is 0.0729 e. The maximum absolute atomic E-state index is 11.1. The van der Waals surface area contributed by atoms with Crippen molar-refractivity contribution in [3.63, 3.8) is 0 Å². The Bertz CT molecular complexity index is 553. The van der Waals surface area contributed by atoms with Gasteiger partial charge in [0.05, 0.1) is 5.97 Å². The summed E-state index contributed by atoms with van der Waals surface area (Å²) in [5.74, 6) is -1.14. The summed E-state index contributed by atoms with van der Waals surface area (Å²) in [7, 11) is 0. The lowest BCUT2D eigenvalue weighted by atomic mass is 10.1. The van der Waals surface area contributed by atoms with Gasteiger partial charge in [0.1, 0.15) is 0 Å². The van der Waals surface area contributed by atoms with Crippen LogP contribution >= 0.6 is 11.3 Å². The van der Waals surface area contributed by atoms with Crippen molar-refractivity contribution in [1.29, 1.82) is 0 Å². The van der Waals surface area contributed by atoms with Gasteiger partial charge < -0.3 is 9.90 Å². The van der Waals surface area contributed by atoms with Crippen molar-refractivity contribution < 1.29 is 9.90 Å². The van der Waals surface area contributed by atoms with E-state index in [0.717, 1.165) is 11.1 Å². The number of benzene rings is 1. The van der Waals surface area contributed by atoms with E-state index in [0.29, 0.717) is 4.88 Å². The van der Waals surface area contributed by atoms with Gasteiger partial charge in [0, 0.05) is 10.5 Å². The van der Waals surface area contributed by atoms with Crippen LogP contribution in [0.2, 0.25) is 0 Å². The molecule has 0 aliphatic heterocycles. The zero-order valence-electron chi connectivity index (χ0n) is 9.34. The predicted octanol–water partition coefficient (Wildman–Crippen LogP) is 2.35. The maximum atomic E-state index is 11.1. The molecule has 0 fully saturated rings. The second-order valence-corrected chi connectivity index (χ2v) is 4.68. The summed E-state index contributed by atoms with van der Waals surface area (Å²) in [4.78, 5) is 11.8. The van der Waals surface area contributed by atoms with Crippen molar-refractivity contribution in [3.8, 4) is 0 Å². The number of aryl methyl sites for hydroxylation is 1. The van der Waals surface area contributed by atoms with Crippen LogP contribution < -0.4 is 5.11 Å². The Morgan fingerprint density at radius 2 is 2.12 bits per heavy atom. The summed E-state index contributed by atoms with van der Waals surface area (Å²) in [5.41, 5.74) is 2.20. The quantitative estimate of drug-likeness (QED) is 0.776. The lowest BCUT2D eigenvalue weighted by Gasteiger charge is -2.06. The van der Waals surface area contributed by atoms with Gasteiger partial charge in [0.2, 0.25) is 0 Å². The molecule has 2 aromatic rings. The number of rotatable bonds is 3. The molecule has 86 valence electrons. The Morgan fingerprint density at radius 3 is 2.71 bits per heavy atom. The van der Waals surface area contributed by atoms with E-state index >= 15 is 0 Å². The van der Waals surface area contributed by atoms with Gasteiger partial charge in [-0.2, -0.15) is 0 Å². The minimum atomic E-state index is -1.14. The lowest BCUT2D eigenvalue weighted by Crippen LogP contribution is -2.23. The SMILES string of the molecule is Cc1cccc(/C=C(\C(=O)[O-])c2cccs2)c1. The summed E-state index contributed by atoms with van der Waals surface area (Å²) in [6, 6.07) is 11.3. The van der Waals surface area contributed by atoms with Crippen molar-refractivity contribution in [3.05, 3.63) is 57.8 Å². The topological polar surface area (TPSA) is 40.1 Å². The molecule has 2 rings (SSSR count). The molecule has 0 spiro atoms. The second-order valence-electron chi connectivity index (χ2n) is 3.74. The van der Waals surface area contributed by atoms with Crippen molar-refractivity contribution >= 4 is 29.0 Å². The van der Waals surface area contributed by atoms with Crippen LogP contribution in [-0.2, 0) is 4.79 Å². The molecule has 1 aromatic heterocycles. The maximum Gasteiger partial charge on any atom is 0.0729 e. The van der Waals surface area contributed by atoms with Crippen molar-refractivity contribution in [2.75, 3.05) is 0 Å². The molecule has 0 saturated carbocycles. The van der Waals surface area contributed by atoms with E-state index < -0.39 is 5.97 Å². The fourth-order valence-electron chi connectivity index (χ4n) is 1.59. The van der Waals surface area contributed by atoms with E-state index in [1.54, 1.807) is 12.1 Å². The monoisotopic (exact) mass is 243 g/mol. The van der Waals surface area contributed by atoms with Crippen LogP contribution in [0, 0.1) is 6.92 Å². The van der Waals surface area contributed by atoms with Crippen LogP contribution in [0.4, 0.5) is 0 Å². The molecule has 3 heteroatoms. The second kappa shape index (κ2) is 4.97. The first-order chi connectivity index (χ1) is 8.16. The predicted molar refractivity (Wildman–Crippen MR) is 68.4 cm³/mol. The number of carboxylic acids is 1. The summed E-state index contributed by atoms with van der Waals surface area (Å²) < 4.78 is 0. The lowest BCUT2D eigenvalue weighted by molar-refractivity contribution is -0.295. The third-order valence-corrected chi connectivity index (χ3v) is 3.26. The zero-order chi connectivity index (χ0) is 12.3. The molecule has 0 bridgehead atoms. The van der Waals surface area contributed by atoms with E-state index in [1.807, 2.05) is 42.6 Å². The Hall–Kier alpha value is -1.87. The Morgan fingerprint density at radius 1 is 1.29 bits per heavy atom. The van der Waals surface area contributed by atoms with E-state index in [2.05, 4.69) is 0 Å². The van der Waals surface area contributed by atoms with Crippen LogP contribution in [0.25, 0.3) is 11.6 Å². The minimum Gasteiger partial charge on any atom is -0.545 e. The van der Waals surface area contributed by atoms with Crippen molar-refractivity contribution in [2.45, 2.75) is 6.92 Å². The van der Waals surface area contributed by atoms with Gasteiger partial charge in [-0.25, -0.2) is 0 Å². The Kier molecular flexibility index (Phi) is 3.40. The number of hydrogen-bond donors (Lipinski definition) is 0. The van der Waals surface area contributed by atoms with Crippen LogP contribution in [0.1, 0.15) is 16.0 Å². The molecule has 17 heavy (non-hydrogen) atoms. The molecular formula is C14H11O2S-. The fourth-order valence-corrected chi connectivity index (χ4v) is 2.32. The largest absolute Gasteiger partial charge is 0.545 e. The van der Waals surface area contributed by atoms with Crippen LogP contribution in [0.15, 0.2) is 41.8 Å². The molecule has 0 aliphatic rings. The Labute approximate surface area is 104 Å². The average molecular weight is 243 g/mol. The van der Waals surface area contributed by atoms with Gasteiger partial charge in [0.25, 0.3) is 0 Å². The molecule has 0 saturated heterocycles. The molecule has 0 unspecified atom stereocenters. The van der Waals surface area contributed by atoms with E-state index in [4.69, 9.17) is 0 Å². The molecule has 2 nitrogen and oxygen atoms in total. The van der Waals surface area contributed by atoms with Crippen molar-refractivity contribution in [2.24, 2.45) is 0 Å². The van der Waals surface area contributed by atoms with Gasteiger partial charge in [-0.15, -0.1) is 11.3 Å². The van der Waals surface area contributed by atoms with Crippen LogP contribution in [-0.4, -0.2) is 5.97 Å². The number of carbonyl (C=O) groups is 1. The third-order valence-electron chi connectivity index (χ3n) is 2.36. The van der Waals surface area contributed by atoms with Gasteiger partial charge in [-0.05, 0) is 30.0 Å². The molecular weight excluding hydrogens is 232 g/mol. The molecule has 0 atom stereocenters. The molecule has 0 N–H and O–H groups in total. The highest BCUT2D eigenvalue weighted by molar-refractivity contribution is 7.11. The van der Waals surface area contributed by atoms with Crippen molar-refractivity contribution in [1.82, 2.24) is 0 Å². The van der Waals surface area contributed by atoms with Gasteiger partial charge >= 0.3 is 0 Å².